The molecule has 12 heteroatoms. The highest BCUT2D eigenvalue weighted by Crippen LogP contribution is 2.27. The van der Waals surface area contributed by atoms with E-state index in [-0.39, 0.29) is 6.61 Å². The lowest BCUT2D eigenvalue weighted by molar-refractivity contribution is -0.189. The number of benzene rings is 1. The monoisotopic (exact) mass is 399 g/mol. The molecular formula is C15H11F6NO5. The summed E-state index contributed by atoms with van der Waals surface area (Å²) in [6.07, 6.45) is -9.82. The van der Waals surface area contributed by atoms with Gasteiger partial charge >= 0.3 is 24.3 Å². The average molecular weight is 399 g/mol. The molecule has 0 aromatic heterocycles. The Morgan fingerprint density at radius 1 is 0.963 bits per heavy atom. The van der Waals surface area contributed by atoms with Crippen LogP contribution in [0.15, 0.2) is 35.7 Å². The third kappa shape index (κ3) is 6.08. The largest absolute Gasteiger partial charge is 0.473 e. The first-order chi connectivity index (χ1) is 12.5. The summed E-state index contributed by atoms with van der Waals surface area (Å²) in [7, 11) is 0. The molecule has 1 aliphatic heterocycles. The Kier molecular flexibility index (Phi) is 5.86. The van der Waals surface area contributed by atoms with E-state index in [2.05, 4.69) is 14.8 Å². The van der Waals surface area contributed by atoms with Gasteiger partial charge in [0.2, 0.25) is 11.5 Å². The van der Waals surface area contributed by atoms with Crippen LogP contribution in [-0.4, -0.2) is 37.5 Å². The Labute approximate surface area is 147 Å². The van der Waals surface area contributed by atoms with Crippen LogP contribution in [0.2, 0.25) is 0 Å². The SMILES string of the molecule is O=C(OCC(F)(F)F)C(C(=O)OCC(F)(F)F)=C1Nc2ccccc2CO1. The molecule has 1 aromatic rings. The van der Waals surface area contributed by atoms with Crippen molar-refractivity contribution in [2.24, 2.45) is 0 Å². The van der Waals surface area contributed by atoms with Crippen LogP contribution in [0.4, 0.5) is 32.0 Å². The molecule has 0 unspecified atom stereocenters. The van der Waals surface area contributed by atoms with Gasteiger partial charge in [-0.1, -0.05) is 18.2 Å². The predicted octanol–water partition coefficient (Wildman–Crippen LogP) is 3.05. The number of halogens is 6. The molecule has 27 heavy (non-hydrogen) atoms. The van der Waals surface area contributed by atoms with Crippen molar-refractivity contribution in [2.75, 3.05) is 18.5 Å². The summed E-state index contributed by atoms with van der Waals surface area (Å²) in [4.78, 5) is 23.8. The molecule has 1 heterocycles. The van der Waals surface area contributed by atoms with Crippen LogP contribution in [0.3, 0.4) is 0 Å². The molecule has 2 rings (SSSR count). The number of ether oxygens (including phenoxy) is 3. The van der Waals surface area contributed by atoms with Crippen molar-refractivity contribution in [3.8, 4) is 0 Å². The zero-order chi connectivity index (χ0) is 20.2. The Hall–Kier alpha value is -2.92. The summed E-state index contributed by atoms with van der Waals surface area (Å²) >= 11 is 0. The quantitative estimate of drug-likeness (QED) is 0.276. The number of nitrogens with one attached hydrogen (secondary N) is 1. The van der Waals surface area contributed by atoms with Crippen LogP contribution >= 0.6 is 0 Å². The van der Waals surface area contributed by atoms with E-state index in [1.54, 1.807) is 18.2 Å². The minimum atomic E-state index is -4.91. The second-order valence-corrected chi connectivity index (χ2v) is 5.16. The van der Waals surface area contributed by atoms with Gasteiger partial charge in [0.15, 0.2) is 13.2 Å². The van der Waals surface area contributed by atoms with E-state index in [9.17, 15) is 35.9 Å². The lowest BCUT2D eigenvalue weighted by Crippen LogP contribution is -2.30. The smallest absolute Gasteiger partial charge is 0.422 e. The van der Waals surface area contributed by atoms with Gasteiger partial charge in [-0.3, -0.25) is 0 Å². The number of fused-ring (bicyclic) bond motifs is 1. The van der Waals surface area contributed by atoms with Crippen LogP contribution in [0.1, 0.15) is 5.56 Å². The molecule has 0 saturated carbocycles. The van der Waals surface area contributed by atoms with Crippen molar-refractivity contribution >= 4 is 17.6 Å². The number of rotatable bonds is 4. The highest BCUT2D eigenvalue weighted by atomic mass is 19.4. The maximum absolute atomic E-state index is 12.2. The zero-order valence-corrected chi connectivity index (χ0v) is 13.2. The Bertz CT molecular complexity index is 724. The number of hydrogen-bond acceptors (Lipinski definition) is 6. The number of esters is 2. The molecular weight excluding hydrogens is 388 g/mol. The van der Waals surface area contributed by atoms with Crippen molar-refractivity contribution in [3.63, 3.8) is 0 Å². The van der Waals surface area contributed by atoms with E-state index in [1.807, 2.05) is 0 Å². The summed E-state index contributed by atoms with van der Waals surface area (Å²) in [6.45, 7) is -4.29. The summed E-state index contributed by atoms with van der Waals surface area (Å²) in [5, 5.41) is 2.45. The highest BCUT2D eigenvalue weighted by molar-refractivity contribution is 6.14. The summed E-state index contributed by atoms with van der Waals surface area (Å²) in [5.41, 5.74) is -0.339. The van der Waals surface area contributed by atoms with E-state index >= 15 is 0 Å². The predicted molar refractivity (Wildman–Crippen MR) is 75.9 cm³/mol. The molecule has 148 valence electrons. The second-order valence-electron chi connectivity index (χ2n) is 5.16. The normalized spacial score (nSPS) is 13.8. The number of hydrogen-bond donors (Lipinski definition) is 1. The van der Waals surface area contributed by atoms with E-state index in [4.69, 9.17) is 4.74 Å². The molecule has 1 aromatic carbocycles. The van der Waals surface area contributed by atoms with Crippen molar-refractivity contribution in [3.05, 3.63) is 41.3 Å². The number of carbonyl (C=O) groups excluding carboxylic acids is 2. The average Bonchev–Trinajstić information content (AvgIpc) is 2.57. The standard InChI is InChI=1S/C15H11F6NO5/c16-14(17,18)6-26-12(23)10(13(24)27-7-15(19,20)21)11-22-9-4-2-1-3-8(9)5-25-11/h1-4,22H,5-7H2. The summed E-state index contributed by atoms with van der Waals surface area (Å²) < 4.78 is 86.3. The van der Waals surface area contributed by atoms with Gasteiger partial charge in [-0.2, -0.15) is 26.3 Å². The first-order valence-electron chi connectivity index (χ1n) is 7.16. The number of para-hydroxylation sites is 1. The van der Waals surface area contributed by atoms with Gasteiger partial charge in [0.05, 0.1) is 0 Å². The molecule has 0 amide bonds. The van der Waals surface area contributed by atoms with Crippen molar-refractivity contribution in [1.29, 1.82) is 0 Å². The number of carbonyl (C=O) groups is 2. The third-order valence-electron chi connectivity index (χ3n) is 3.01. The van der Waals surface area contributed by atoms with Crippen molar-refractivity contribution < 1.29 is 50.1 Å². The topological polar surface area (TPSA) is 73.9 Å². The Morgan fingerprint density at radius 3 is 2.00 bits per heavy atom. The van der Waals surface area contributed by atoms with E-state index in [0.717, 1.165) is 0 Å². The van der Waals surface area contributed by atoms with Crippen molar-refractivity contribution in [1.82, 2.24) is 0 Å². The van der Waals surface area contributed by atoms with Crippen molar-refractivity contribution in [2.45, 2.75) is 19.0 Å². The maximum atomic E-state index is 12.2. The molecule has 0 atom stereocenters. The molecule has 1 aliphatic rings. The first kappa shape index (κ1) is 20.4. The lowest BCUT2D eigenvalue weighted by atomic mass is 10.1. The molecule has 0 aliphatic carbocycles. The van der Waals surface area contributed by atoms with Crippen LogP contribution in [0.25, 0.3) is 0 Å². The molecule has 0 saturated heterocycles. The minimum Gasteiger partial charge on any atom is -0.473 e. The first-order valence-corrected chi connectivity index (χ1v) is 7.16. The van der Waals surface area contributed by atoms with E-state index in [1.165, 1.54) is 6.07 Å². The fourth-order valence-corrected chi connectivity index (χ4v) is 1.92. The van der Waals surface area contributed by atoms with Gasteiger partial charge in [0, 0.05) is 11.3 Å². The van der Waals surface area contributed by atoms with Gasteiger partial charge < -0.3 is 19.5 Å². The number of alkyl halides is 6. The molecule has 0 bridgehead atoms. The van der Waals surface area contributed by atoms with Crippen LogP contribution in [0, 0.1) is 0 Å². The minimum absolute atomic E-state index is 0.193. The number of anilines is 1. The molecule has 0 radical (unpaired) electrons. The molecule has 0 spiro atoms. The lowest BCUT2D eigenvalue weighted by Gasteiger charge is -2.23. The van der Waals surface area contributed by atoms with Gasteiger partial charge in [-0.25, -0.2) is 9.59 Å². The Morgan fingerprint density at radius 2 is 1.48 bits per heavy atom. The second kappa shape index (κ2) is 7.76. The van der Waals surface area contributed by atoms with Gasteiger partial charge in [-0.15, -0.1) is 0 Å². The Balaban J connectivity index is 2.29. The zero-order valence-electron chi connectivity index (χ0n) is 13.2. The van der Waals surface area contributed by atoms with Crippen LogP contribution in [0.5, 0.6) is 0 Å². The van der Waals surface area contributed by atoms with E-state index in [0.29, 0.717) is 11.3 Å². The van der Waals surface area contributed by atoms with Gasteiger partial charge in [0.1, 0.15) is 6.61 Å². The third-order valence-corrected chi connectivity index (χ3v) is 3.01. The van der Waals surface area contributed by atoms with Gasteiger partial charge in [0.25, 0.3) is 0 Å². The molecule has 1 N–H and O–H groups in total. The maximum Gasteiger partial charge on any atom is 0.422 e. The van der Waals surface area contributed by atoms with E-state index < -0.39 is 49.0 Å². The van der Waals surface area contributed by atoms with Gasteiger partial charge in [-0.05, 0) is 6.07 Å². The van der Waals surface area contributed by atoms with Crippen LogP contribution < -0.4 is 5.32 Å². The molecule has 6 nitrogen and oxygen atoms in total. The fourth-order valence-electron chi connectivity index (χ4n) is 1.92. The molecule has 0 fully saturated rings. The summed E-state index contributed by atoms with van der Waals surface area (Å²) in [6, 6.07) is 6.33. The summed E-state index contributed by atoms with van der Waals surface area (Å²) in [5.74, 6) is -4.36. The fraction of sp³-hybridized carbons (Fsp3) is 0.333. The van der Waals surface area contributed by atoms with Crippen LogP contribution in [-0.2, 0) is 30.4 Å². The highest BCUT2D eigenvalue weighted by Gasteiger charge is 2.37.